The van der Waals surface area contributed by atoms with Gasteiger partial charge in [-0.2, -0.15) is 8.42 Å². The van der Waals surface area contributed by atoms with Crippen molar-refractivity contribution in [3.8, 4) is 0 Å². The van der Waals surface area contributed by atoms with Crippen LogP contribution in [0, 0.1) is 0 Å². The minimum Gasteiger partial charge on any atom is -0.396 e. The van der Waals surface area contributed by atoms with Crippen molar-refractivity contribution >= 4 is 31.4 Å². The smallest absolute Gasteiger partial charge is 0.281 e. The molecule has 0 saturated carbocycles. The topological polar surface area (TPSA) is 145 Å². The number of pyridine rings is 1. The molecule has 1 heterocycles. The van der Waals surface area contributed by atoms with Gasteiger partial charge in [-0.1, -0.05) is 6.07 Å². The van der Waals surface area contributed by atoms with Gasteiger partial charge in [0, 0.05) is 6.20 Å². The number of nitrogens with zero attached hydrogens (tertiary/aromatic N) is 1. The third-order valence-electron chi connectivity index (χ3n) is 2.47. The summed E-state index contributed by atoms with van der Waals surface area (Å²) in [6.45, 7) is 0. The molecule has 0 bridgehead atoms. The van der Waals surface area contributed by atoms with Crippen LogP contribution in [-0.4, -0.2) is 21.8 Å². The van der Waals surface area contributed by atoms with Crippen molar-refractivity contribution in [3.05, 3.63) is 42.6 Å². The summed E-state index contributed by atoms with van der Waals surface area (Å²) in [5.41, 5.74) is 5.58. The van der Waals surface area contributed by atoms with Crippen molar-refractivity contribution < 1.29 is 16.8 Å². The summed E-state index contributed by atoms with van der Waals surface area (Å²) in [6.07, 6.45) is 1.28. The maximum atomic E-state index is 12.1. The lowest BCUT2D eigenvalue weighted by molar-refractivity contribution is 0.595. The van der Waals surface area contributed by atoms with E-state index in [1.54, 1.807) is 0 Å². The van der Waals surface area contributed by atoms with E-state index >= 15 is 0 Å². The van der Waals surface area contributed by atoms with E-state index in [4.69, 9.17) is 10.9 Å². The van der Waals surface area contributed by atoms with Gasteiger partial charge in [0.05, 0.1) is 16.3 Å². The van der Waals surface area contributed by atoms with Crippen LogP contribution in [0.25, 0.3) is 0 Å². The zero-order chi connectivity index (χ0) is 15.7. The summed E-state index contributed by atoms with van der Waals surface area (Å²) in [6, 6.07) is 7.98. The van der Waals surface area contributed by atoms with Crippen LogP contribution in [0.3, 0.4) is 0 Å². The monoisotopic (exact) mass is 328 g/mol. The second-order valence-electron chi connectivity index (χ2n) is 4.08. The van der Waals surface area contributed by atoms with E-state index in [1.807, 2.05) is 0 Å². The Morgan fingerprint density at radius 1 is 1.05 bits per heavy atom. The van der Waals surface area contributed by atoms with E-state index in [0.717, 1.165) is 6.07 Å². The van der Waals surface area contributed by atoms with Crippen LogP contribution in [-0.2, 0) is 20.0 Å². The van der Waals surface area contributed by atoms with E-state index in [1.165, 1.54) is 36.5 Å². The molecule has 0 aliphatic rings. The molecule has 0 fully saturated rings. The molecule has 10 heteroatoms. The molecule has 0 radical (unpaired) electrons. The molecular formula is C11H12N4O4S2. The molecule has 0 saturated heterocycles. The van der Waals surface area contributed by atoms with Crippen LogP contribution >= 0.6 is 0 Å². The van der Waals surface area contributed by atoms with Crippen LogP contribution in [0.1, 0.15) is 0 Å². The third-order valence-corrected chi connectivity index (χ3v) is 4.74. The van der Waals surface area contributed by atoms with Crippen molar-refractivity contribution in [1.82, 2.24) is 4.98 Å². The van der Waals surface area contributed by atoms with Crippen molar-refractivity contribution in [2.45, 2.75) is 9.92 Å². The quantitative estimate of drug-likeness (QED) is 0.726. The van der Waals surface area contributed by atoms with Gasteiger partial charge in [0.25, 0.3) is 10.0 Å². The van der Waals surface area contributed by atoms with Gasteiger partial charge in [0.2, 0.25) is 10.0 Å². The predicted molar refractivity (Wildman–Crippen MR) is 77.3 cm³/mol. The number of hydrogen-bond acceptors (Lipinski definition) is 6. The summed E-state index contributed by atoms with van der Waals surface area (Å²) in [7, 11) is -7.96. The number of primary sulfonamides is 1. The first-order chi connectivity index (χ1) is 9.70. The number of hydrogen-bond donors (Lipinski definition) is 3. The molecule has 2 aromatic rings. The zero-order valence-corrected chi connectivity index (χ0v) is 12.2. The minimum atomic E-state index is -4.03. The highest BCUT2D eigenvalue weighted by atomic mass is 32.2. The van der Waals surface area contributed by atoms with Gasteiger partial charge in [-0.25, -0.2) is 18.5 Å². The third kappa shape index (κ3) is 3.48. The molecule has 21 heavy (non-hydrogen) atoms. The normalized spacial score (nSPS) is 12.0. The molecule has 0 aliphatic heterocycles. The van der Waals surface area contributed by atoms with Crippen LogP contribution in [0.2, 0.25) is 0 Å². The number of anilines is 2. The van der Waals surface area contributed by atoms with E-state index in [0.29, 0.717) is 0 Å². The molecule has 2 rings (SSSR count). The fourth-order valence-corrected chi connectivity index (χ4v) is 3.24. The van der Waals surface area contributed by atoms with Gasteiger partial charge in [-0.3, -0.25) is 4.72 Å². The lowest BCUT2D eigenvalue weighted by Gasteiger charge is -2.09. The Kier molecular flexibility index (Phi) is 3.85. The Labute approximate surface area is 121 Å². The lowest BCUT2D eigenvalue weighted by atomic mass is 10.3. The van der Waals surface area contributed by atoms with E-state index in [2.05, 4.69) is 9.71 Å². The SMILES string of the molecule is Nc1cccnc1S(=O)(=O)Nc1cccc(S(N)(=O)=O)c1. The number of benzene rings is 1. The molecule has 0 aliphatic carbocycles. The average molecular weight is 328 g/mol. The van der Waals surface area contributed by atoms with Crippen LogP contribution in [0.15, 0.2) is 52.5 Å². The lowest BCUT2D eigenvalue weighted by Crippen LogP contribution is -2.17. The number of sulfonamides is 2. The highest BCUT2D eigenvalue weighted by Gasteiger charge is 2.19. The number of nitrogens with one attached hydrogen (secondary N) is 1. The average Bonchev–Trinajstić information content (AvgIpc) is 2.37. The summed E-state index contributed by atoms with van der Waals surface area (Å²) in [5, 5.41) is 4.65. The van der Waals surface area contributed by atoms with Gasteiger partial charge in [0.1, 0.15) is 0 Å². The Hall–Kier alpha value is -2.17. The van der Waals surface area contributed by atoms with Gasteiger partial charge >= 0.3 is 0 Å². The van der Waals surface area contributed by atoms with Gasteiger partial charge in [-0.05, 0) is 30.3 Å². The number of rotatable bonds is 4. The fourth-order valence-electron chi connectivity index (χ4n) is 1.57. The highest BCUT2D eigenvalue weighted by molar-refractivity contribution is 7.92. The molecular weight excluding hydrogens is 316 g/mol. The van der Waals surface area contributed by atoms with Crippen molar-refractivity contribution in [2.24, 2.45) is 5.14 Å². The molecule has 0 unspecified atom stereocenters. The Balaban J connectivity index is 2.41. The maximum absolute atomic E-state index is 12.1. The van der Waals surface area contributed by atoms with Crippen LogP contribution < -0.4 is 15.6 Å². The summed E-state index contributed by atoms with van der Waals surface area (Å²) in [5.74, 6) is 0. The molecule has 1 aromatic heterocycles. The van der Waals surface area contributed by atoms with E-state index in [-0.39, 0.29) is 21.3 Å². The number of nitrogens with two attached hydrogens (primary N) is 2. The van der Waals surface area contributed by atoms with Gasteiger partial charge in [-0.15, -0.1) is 0 Å². The van der Waals surface area contributed by atoms with Crippen LogP contribution in [0.4, 0.5) is 11.4 Å². The molecule has 0 spiro atoms. The van der Waals surface area contributed by atoms with E-state index < -0.39 is 20.0 Å². The van der Waals surface area contributed by atoms with Crippen molar-refractivity contribution in [3.63, 3.8) is 0 Å². The summed E-state index contributed by atoms with van der Waals surface area (Å²) in [4.78, 5) is 3.49. The highest BCUT2D eigenvalue weighted by Crippen LogP contribution is 2.20. The first-order valence-corrected chi connectivity index (χ1v) is 8.59. The molecule has 8 nitrogen and oxygen atoms in total. The number of nitrogen functional groups attached to an aromatic ring is 1. The maximum Gasteiger partial charge on any atom is 0.281 e. The first kappa shape index (κ1) is 15.2. The molecule has 5 N–H and O–H groups in total. The number of aromatic nitrogens is 1. The van der Waals surface area contributed by atoms with Crippen molar-refractivity contribution in [2.75, 3.05) is 10.5 Å². The standard InChI is InChI=1S/C11H12N4O4S2/c12-10-5-2-6-14-11(10)21(18,19)15-8-3-1-4-9(7-8)20(13,16)17/h1-7,15H,12H2,(H2,13,16,17). The van der Waals surface area contributed by atoms with Crippen molar-refractivity contribution in [1.29, 1.82) is 0 Å². The van der Waals surface area contributed by atoms with E-state index in [9.17, 15) is 16.8 Å². The molecule has 0 amide bonds. The fraction of sp³-hybridized carbons (Fsp3) is 0. The minimum absolute atomic E-state index is 0.0207. The molecule has 1 aromatic carbocycles. The molecule has 0 atom stereocenters. The first-order valence-electron chi connectivity index (χ1n) is 5.56. The van der Waals surface area contributed by atoms with Gasteiger partial charge < -0.3 is 5.73 Å². The summed E-state index contributed by atoms with van der Waals surface area (Å²) >= 11 is 0. The van der Waals surface area contributed by atoms with Crippen LogP contribution in [0.5, 0.6) is 0 Å². The summed E-state index contributed by atoms with van der Waals surface area (Å²) < 4.78 is 49.0. The van der Waals surface area contributed by atoms with Gasteiger partial charge in [0.15, 0.2) is 5.03 Å². The predicted octanol–water partition coefficient (Wildman–Crippen LogP) is 0.112. The largest absolute Gasteiger partial charge is 0.396 e. The zero-order valence-electron chi connectivity index (χ0n) is 10.6. The second kappa shape index (κ2) is 5.31. The Morgan fingerprint density at radius 3 is 2.38 bits per heavy atom. The second-order valence-corrected chi connectivity index (χ2v) is 7.24. The Bertz CT molecular complexity index is 879. The molecule has 112 valence electrons. The Morgan fingerprint density at radius 2 is 1.76 bits per heavy atom.